The predicted molar refractivity (Wildman–Crippen MR) is 106 cm³/mol. The number of nitrogens with two attached hydrogens (primary N) is 1. The van der Waals surface area contributed by atoms with Crippen LogP contribution >= 0.6 is 0 Å². The van der Waals surface area contributed by atoms with Crippen LogP contribution in [-0.2, 0) is 14.3 Å². The van der Waals surface area contributed by atoms with E-state index in [0.717, 1.165) is 6.08 Å². The number of likely N-dealkylation sites (N-methyl/N-ethyl adjacent to an activating group) is 1. The number of nitrogens with zero attached hydrogens (tertiary/aromatic N) is 2. The normalized spacial score (nSPS) is 34.9. The Kier molecular flexibility index (Phi) is 6.23. The van der Waals surface area contributed by atoms with E-state index in [2.05, 4.69) is 16.3 Å². The molecule has 2 N–H and O–H groups in total. The van der Waals surface area contributed by atoms with Crippen LogP contribution < -0.4 is 5.73 Å². The van der Waals surface area contributed by atoms with Crippen molar-refractivity contribution in [1.82, 2.24) is 4.90 Å². The van der Waals surface area contributed by atoms with Gasteiger partial charge in [0.2, 0.25) is 0 Å². The summed E-state index contributed by atoms with van der Waals surface area (Å²) in [4.78, 5) is 19.2. The van der Waals surface area contributed by atoms with Crippen molar-refractivity contribution in [3.8, 4) is 0 Å². The maximum Gasteiger partial charge on any atom is 0.461 e. The van der Waals surface area contributed by atoms with Crippen molar-refractivity contribution in [3.05, 3.63) is 36.1 Å². The Hall–Kier alpha value is -2.36. The zero-order valence-electron chi connectivity index (χ0n) is 17.5. The summed E-state index contributed by atoms with van der Waals surface area (Å²) in [7, 11) is 3.11. The van der Waals surface area contributed by atoms with Crippen LogP contribution in [0.5, 0.6) is 0 Å². The molecule has 0 aromatic carbocycles. The number of hydrogen-bond donors (Lipinski definition) is 1. The summed E-state index contributed by atoms with van der Waals surface area (Å²) in [5.41, 5.74) is 3.84. The molecular weight excluding hydrogens is 418 g/mol. The van der Waals surface area contributed by atoms with Crippen LogP contribution in [0, 0.1) is 5.41 Å². The second-order valence-corrected chi connectivity index (χ2v) is 8.24. The molecule has 172 valence electrons. The summed E-state index contributed by atoms with van der Waals surface area (Å²) >= 11 is 0. The number of methoxy groups -OCH3 is 1. The lowest BCUT2D eigenvalue weighted by Crippen LogP contribution is -2.56. The van der Waals surface area contributed by atoms with Crippen molar-refractivity contribution in [1.29, 1.82) is 0 Å². The molecule has 1 heterocycles. The summed E-state index contributed by atoms with van der Waals surface area (Å²) in [5.74, 6) is -0.960. The SMILES string of the molecule is C=C1/C=C(OC(F)(F)C(F)F)\C=C/CCC2(CCC(OC)CC2)[C@@]12N=C(N)N(C)C2=O. The molecule has 0 unspecified atom stereocenters. The summed E-state index contributed by atoms with van der Waals surface area (Å²) in [5, 5.41) is 0. The average Bonchev–Trinajstić information content (AvgIpc) is 2.98. The molecule has 0 aromatic heterocycles. The first kappa shape index (κ1) is 23.3. The van der Waals surface area contributed by atoms with Gasteiger partial charge in [-0.3, -0.25) is 9.69 Å². The van der Waals surface area contributed by atoms with Crippen LogP contribution in [-0.4, -0.2) is 55.1 Å². The largest absolute Gasteiger partial charge is 0.461 e. The molecule has 0 radical (unpaired) electrons. The van der Waals surface area contributed by atoms with Gasteiger partial charge < -0.3 is 15.2 Å². The molecule has 31 heavy (non-hydrogen) atoms. The van der Waals surface area contributed by atoms with Crippen molar-refractivity contribution >= 4 is 11.9 Å². The lowest BCUT2D eigenvalue weighted by molar-refractivity contribution is -0.279. The molecule has 1 amide bonds. The number of fused-ring (bicyclic) bond motifs is 1. The third-order valence-corrected chi connectivity index (χ3v) is 6.59. The third kappa shape index (κ3) is 3.86. The number of carbonyl (C=O) groups is 1. The van der Waals surface area contributed by atoms with Gasteiger partial charge in [-0.15, -0.1) is 0 Å². The molecular formula is C21H27F4N3O3. The molecule has 1 saturated carbocycles. The van der Waals surface area contributed by atoms with Crippen molar-refractivity contribution in [2.75, 3.05) is 14.2 Å². The van der Waals surface area contributed by atoms with E-state index in [0.29, 0.717) is 38.5 Å². The van der Waals surface area contributed by atoms with E-state index in [4.69, 9.17) is 10.5 Å². The molecule has 2 spiro atoms. The molecule has 3 aliphatic rings. The van der Waals surface area contributed by atoms with Crippen LogP contribution in [0.2, 0.25) is 0 Å². The van der Waals surface area contributed by atoms with Gasteiger partial charge in [-0.2, -0.15) is 17.6 Å². The van der Waals surface area contributed by atoms with Crippen molar-refractivity contribution in [2.45, 2.75) is 62.7 Å². The van der Waals surface area contributed by atoms with E-state index in [9.17, 15) is 22.4 Å². The average molecular weight is 445 g/mol. The summed E-state index contributed by atoms with van der Waals surface area (Å²) in [6.07, 6.45) is -1.39. The van der Waals surface area contributed by atoms with E-state index in [1.807, 2.05) is 0 Å². The van der Waals surface area contributed by atoms with E-state index < -0.39 is 35.2 Å². The zero-order valence-corrected chi connectivity index (χ0v) is 17.5. The van der Waals surface area contributed by atoms with Gasteiger partial charge in [0.15, 0.2) is 11.5 Å². The fourth-order valence-corrected chi connectivity index (χ4v) is 4.86. The minimum absolute atomic E-state index is 0.0135. The molecule has 0 bridgehead atoms. The molecule has 6 nitrogen and oxygen atoms in total. The number of aliphatic imine (C=N–C) groups is 1. The molecule has 1 fully saturated rings. The Labute approximate surface area is 178 Å². The summed E-state index contributed by atoms with van der Waals surface area (Å²) in [6, 6.07) is 0. The highest BCUT2D eigenvalue weighted by Crippen LogP contribution is 2.56. The maximum atomic E-state index is 13.6. The Bertz CT molecular complexity index is 832. The first-order chi connectivity index (χ1) is 14.5. The second-order valence-electron chi connectivity index (χ2n) is 8.24. The zero-order chi connectivity index (χ0) is 23.0. The predicted octanol–water partition coefficient (Wildman–Crippen LogP) is 3.75. The fourth-order valence-electron chi connectivity index (χ4n) is 4.86. The first-order valence-electron chi connectivity index (χ1n) is 10.1. The van der Waals surface area contributed by atoms with Crippen molar-refractivity contribution in [3.63, 3.8) is 0 Å². The lowest BCUT2D eigenvalue weighted by Gasteiger charge is -2.49. The van der Waals surface area contributed by atoms with Gasteiger partial charge in [-0.1, -0.05) is 12.7 Å². The maximum absolute atomic E-state index is 13.6. The lowest BCUT2D eigenvalue weighted by atomic mass is 9.56. The number of guanidine groups is 1. The Morgan fingerprint density at radius 1 is 1.32 bits per heavy atom. The van der Waals surface area contributed by atoms with Crippen LogP contribution in [0.1, 0.15) is 38.5 Å². The van der Waals surface area contributed by atoms with E-state index in [1.165, 1.54) is 18.0 Å². The van der Waals surface area contributed by atoms with Gasteiger partial charge >= 0.3 is 12.5 Å². The van der Waals surface area contributed by atoms with Gasteiger partial charge in [-0.05, 0) is 56.3 Å². The van der Waals surface area contributed by atoms with Gasteiger partial charge in [0.1, 0.15) is 5.76 Å². The van der Waals surface area contributed by atoms with Crippen LogP contribution in [0.4, 0.5) is 17.6 Å². The number of allylic oxidation sites excluding steroid dienone is 2. The minimum atomic E-state index is -4.69. The quantitative estimate of drug-likeness (QED) is 0.669. The van der Waals surface area contributed by atoms with Crippen molar-refractivity contribution < 1.29 is 31.8 Å². The van der Waals surface area contributed by atoms with Gasteiger partial charge in [0.05, 0.1) is 6.10 Å². The van der Waals surface area contributed by atoms with Crippen LogP contribution in [0.25, 0.3) is 0 Å². The molecule has 0 saturated heterocycles. The number of hydrogen-bond acceptors (Lipinski definition) is 5. The van der Waals surface area contributed by atoms with E-state index in [-0.39, 0.29) is 17.6 Å². The van der Waals surface area contributed by atoms with Crippen molar-refractivity contribution in [2.24, 2.45) is 16.1 Å². The topological polar surface area (TPSA) is 77.2 Å². The van der Waals surface area contributed by atoms with Crippen LogP contribution in [0.3, 0.4) is 0 Å². The van der Waals surface area contributed by atoms with Crippen LogP contribution in [0.15, 0.2) is 41.1 Å². The highest BCUT2D eigenvalue weighted by Gasteiger charge is 2.62. The molecule has 0 aromatic rings. The Morgan fingerprint density at radius 2 is 1.97 bits per heavy atom. The highest BCUT2D eigenvalue weighted by atomic mass is 19.3. The number of ether oxygens (including phenoxy) is 2. The molecule has 3 rings (SSSR count). The Morgan fingerprint density at radius 3 is 2.48 bits per heavy atom. The summed E-state index contributed by atoms with van der Waals surface area (Å²) in [6.45, 7) is 3.96. The smallest absolute Gasteiger partial charge is 0.428 e. The standard InChI is InChI=1S/C21H27F4N3O3/c1-13-12-15(31-21(24,25)16(22)23)6-4-5-9-19(10-7-14(30-3)8-11-19)20(13)17(29)28(2)18(26)27-20/h4,6,12,14,16H,1,5,7-11H2,2-3H3,(H2,26,27)/b6-4-,15-12+/t14?,19?,20-/m1/s1. The fraction of sp³-hybridized carbons (Fsp3) is 0.619. The summed E-state index contributed by atoms with van der Waals surface area (Å²) < 4.78 is 62.3. The molecule has 1 aliphatic heterocycles. The second kappa shape index (κ2) is 8.29. The van der Waals surface area contributed by atoms with E-state index >= 15 is 0 Å². The molecule has 1 atom stereocenters. The highest BCUT2D eigenvalue weighted by molar-refractivity contribution is 6.09. The molecule has 2 aliphatic carbocycles. The Balaban J connectivity index is 2.10. The molecule has 10 heteroatoms. The number of alkyl halides is 4. The van der Waals surface area contributed by atoms with Gasteiger partial charge in [-0.25, -0.2) is 4.99 Å². The van der Waals surface area contributed by atoms with Gasteiger partial charge in [0.25, 0.3) is 5.91 Å². The van der Waals surface area contributed by atoms with Gasteiger partial charge in [0, 0.05) is 19.6 Å². The first-order valence-corrected chi connectivity index (χ1v) is 10.1. The number of rotatable bonds is 4. The number of amides is 1. The number of halogens is 4. The van der Waals surface area contributed by atoms with E-state index in [1.54, 1.807) is 13.2 Å². The monoisotopic (exact) mass is 445 g/mol. The minimum Gasteiger partial charge on any atom is -0.428 e. The third-order valence-electron chi connectivity index (χ3n) is 6.59. The number of carbonyl (C=O) groups excluding carboxylic acids is 1.